The number of piperazine rings is 1. The SMILES string of the molecule is C=CCN(CC=C)C(=O)CN1CCN(CC)CC1. The molecule has 0 radical (unpaired) electrons. The van der Waals surface area contributed by atoms with E-state index in [0.717, 1.165) is 32.7 Å². The van der Waals surface area contributed by atoms with Crippen LogP contribution in [0.25, 0.3) is 0 Å². The molecule has 1 aliphatic heterocycles. The van der Waals surface area contributed by atoms with Crippen molar-refractivity contribution in [3.8, 4) is 0 Å². The van der Waals surface area contributed by atoms with Crippen molar-refractivity contribution in [2.45, 2.75) is 6.92 Å². The Morgan fingerprint density at radius 2 is 1.61 bits per heavy atom. The number of likely N-dealkylation sites (N-methyl/N-ethyl adjacent to an activating group) is 1. The molecule has 0 aromatic carbocycles. The molecule has 1 saturated heterocycles. The lowest BCUT2D eigenvalue weighted by atomic mass is 10.3. The zero-order valence-corrected chi connectivity index (χ0v) is 11.5. The Morgan fingerprint density at radius 3 is 2.06 bits per heavy atom. The van der Waals surface area contributed by atoms with Crippen LogP contribution in [0.15, 0.2) is 25.3 Å². The third-order valence-corrected chi connectivity index (χ3v) is 3.32. The highest BCUT2D eigenvalue weighted by Crippen LogP contribution is 2.02. The average molecular weight is 251 g/mol. The van der Waals surface area contributed by atoms with Crippen LogP contribution in [-0.4, -0.2) is 73.0 Å². The number of nitrogens with zero attached hydrogens (tertiary/aromatic N) is 3. The lowest BCUT2D eigenvalue weighted by Crippen LogP contribution is -2.50. The van der Waals surface area contributed by atoms with Gasteiger partial charge >= 0.3 is 0 Å². The predicted molar refractivity (Wildman–Crippen MR) is 75.5 cm³/mol. The minimum Gasteiger partial charge on any atom is -0.334 e. The van der Waals surface area contributed by atoms with Gasteiger partial charge in [-0.25, -0.2) is 0 Å². The molecule has 0 bridgehead atoms. The van der Waals surface area contributed by atoms with Gasteiger partial charge in [0, 0.05) is 39.3 Å². The molecule has 0 aromatic heterocycles. The van der Waals surface area contributed by atoms with E-state index >= 15 is 0 Å². The quantitative estimate of drug-likeness (QED) is 0.627. The van der Waals surface area contributed by atoms with E-state index in [1.54, 1.807) is 17.1 Å². The molecule has 0 unspecified atom stereocenters. The summed E-state index contributed by atoms with van der Waals surface area (Å²) in [6.07, 6.45) is 3.52. The van der Waals surface area contributed by atoms with E-state index in [1.165, 1.54) is 0 Å². The number of rotatable bonds is 7. The molecule has 102 valence electrons. The first-order chi connectivity index (χ1) is 8.71. The molecule has 0 atom stereocenters. The topological polar surface area (TPSA) is 26.8 Å². The second-order valence-corrected chi connectivity index (χ2v) is 4.59. The van der Waals surface area contributed by atoms with Crippen LogP contribution in [0, 0.1) is 0 Å². The van der Waals surface area contributed by atoms with Crippen molar-refractivity contribution in [1.82, 2.24) is 14.7 Å². The van der Waals surface area contributed by atoms with Gasteiger partial charge in [-0.05, 0) is 6.54 Å². The molecule has 0 aliphatic carbocycles. The molecule has 1 rings (SSSR count). The second-order valence-electron chi connectivity index (χ2n) is 4.59. The molecular weight excluding hydrogens is 226 g/mol. The summed E-state index contributed by atoms with van der Waals surface area (Å²) in [5, 5.41) is 0. The normalized spacial score (nSPS) is 17.4. The van der Waals surface area contributed by atoms with Crippen LogP contribution >= 0.6 is 0 Å². The number of amides is 1. The van der Waals surface area contributed by atoms with Crippen LogP contribution < -0.4 is 0 Å². The van der Waals surface area contributed by atoms with Crippen LogP contribution in [0.2, 0.25) is 0 Å². The van der Waals surface area contributed by atoms with Crippen molar-refractivity contribution in [1.29, 1.82) is 0 Å². The minimum atomic E-state index is 0.166. The molecule has 1 amide bonds. The monoisotopic (exact) mass is 251 g/mol. The number of carbonyl (C=O) groups is 1. The fourth-order valence-corrected chi connectivity index (χ4v) is 2.14. The summed E-state index contributed by atoms with van der Waals surface area (Å²) in [5.74, 6) is 0.166. The third-order valence-electron chi connectivity index (χ3n) is 3.32. The minimum absolute atomic E-state index is 0.166. The Kier molecular flexibility index (Phi) is 6.68. The van der Waals surface area contributed by atoms with E-state index in [-0.39, 0.29) is 5.91 Å². The van der Waals surface area contributed by atoms with E-state index < -0.39 is 0 Å². The van der Waals surface area contributed by atoms with Crippen molar-refractivity contribution in [2.75, 3.05) is 52.4 Å². The standard InChI is InChI=1S/C14H25N3O/c1-4-7-17(8-5-2)14(18)13-16-11-9-15(6-3)10-12-16/h4-5H,1-2,6-13H2,3H3. The molecule has 1 fully saturated rings. The molecule has 0 spiro atoms. The Bertz CT molecular complexity index is 273. The first-order valence-corrected chi connectivity index (χ1v) is 6.65. The van der Waals surface area contributed by atoms with E-state index in [9.17, 15) is 4.79 Å². The summed E-state index contributed by atoms with van der Waals surface area (Å²) in [5.41, 5.74) is 0. The highest BCUT2D eigenvalue weighted by molar-refractivity contribution is 5.78. The molecular formula is C14H25N3O. The number of hydrogen-bond donors (Lipinski definition) is 0. The third kappa shape index (κ3) is 4.63. The molecule has 18 heavy (non-hydrogen) atoms. The summed E-state index contributed by atoms with van der Waals surface area (Å²) < 4.78 is 0. The molecule has 0 aromatic rings. The highest BCUT2D eigenvalue weighted by Gasteiger charge is 2.19. The number of carbonyl (C=O) groups excluding carboxylic acids is 1. The van der Waals surface area contributed by atoms with E-state index in [4.69, 9.17) is 0 Å². The van der Waals surface area contributed by atoms with Gasteiger partial charge < -0.3 is 9.80 Å². The van der Waals surface area contributed by atoms with Crippen molar-refractivity contribution < 1.29 is 4.79 Å². The second kappa shape index (κ2) is 8.06. The van der Waals surface area contributed by atoms with E-state index in [0.29, 0.717) is 19.6 Å². The Labute approximate surface area is 111 Å². The molecule has 1 heterocycles. The largest absolute Gasteiger partial charge is 0.334 e. The Morgan fingerprint density at radius 1 is 1.11 bits per heavy atom. The first kappa shape index (κ1) is 14.9. The van der Waals surface area contributed by atoms with Crippen molar-refractivity contribution in [3.05, 3.63) is 25.3 Å². The van der Waals surface area contributed by atoms with Gasteiger partial charge in [0.1, 0.15) is 0 Å². The van der Waals surface area contributed by atoms with Crippen LogP contribution in [0.3, 0.4) is 0 Å². The predicted octanol–water partition coefficient (Wildman–Crippen LogP) is 0.824. The summed E-state index contributed by atoms with van der Waals surface area (Å²) in [4.78, 5) is 18.5. The first-order valence-electron chi connectivity index (χ1n) is 6.65. The summed E-state index contributed by atoms with van der Waals surface area (Å²) in [6, 6.07) is 0. The van der Waals surface area contributed by atoms with Crippen molar-refractivity contribution >= 4 is 5.91 Å². The van der Waals surface area contributed by atoms with Crippen LogP contribution in [0.1, 0.15) is 6.92 Å². The Balaban J connectivity index is 2.38. The van der Waals surface area contributed by atoms with E-state index in [2.05, 4.69) is 29.9 Å². The summed E-state index contributed by atoms with van der Waals surface area (Å²) in [7, 11) is 0. The van der Waals surface area contributed by atoms with Crippen LogP contribution in [0.4, 0.5) is 0 Å². The van der Waals surface area contributed by atoms with E-state index in [1.807, 2.05) is 0 Å². The maximum atomic E-state index is 12.1. The smallest absolute Gasteiger partial charge is 0.237 e. The summed E-state index contributed by atoms with van der Waals surface area (Å²) >= 11 is 0. The van der Waals surface area contributed by atoms with Crippen LogP contribution in [0.5, 0.6) is 0 Å². The van der Waals surface area contributed by atoms with Gasteiger partial charge in [-0.3, -0.25) is 9.69 Å². The fourth-order valence-electron chi connectivity index (χ4n) is 2.14. The van der Waals surface area contributed by atoms with Gasteiger partial charge in [0.15, 0.2) is 0 Å². The average Bonchev–Trinajstić information content (AvgIpc) is 2.39. The maximum Gasteiger partial charge on any atom is 0.237 e. The molecule has 4 nitrogen and oxygen atoms in total. The zero-order valence-electron chi connectivity index (χ0n) is 11.5. The lowest BCUT2D eigenvalue weighted by Gasteiger charge is -2.34. The number of hydrogen-bond acceptors (Lipinski definition) is 3. The lowest BCUT2D eigenvalue weighted by molar-refractivity contribution is -0.131. The van der Waals surface area contributed by atoms with Gasteiger partial charge in [-0.2, -0.15) is 0 Å². The van der Waals surface area contributed by atoms with Crippen molar-refractivity contribution in [3.63, 3.8) is 0 Å². The van der Waals surface area contributed by atoms with Crippen molar-refractivity contribution in [2.24, 2.45) is 0 Å². The van der Waals surface area contributed by atoms with Gasteiger partial charge in [0.25, 0.3) is 0 Å². The zero-order chi connectivity index (χ0) is 13.4. The van der Waals surface area contributed by atoms with Gasteiger partial charge in [0.05, 0.1) is 6.54 Å². The fraction of sp³-hybridized carbons (Fsp3) is 0.643. The van der Waals surface area contributed by atoms with Gasteiger partial charge in [0.2, 0.25) is 5.91 Å². The maximum absolute atomic E-state index is 12.1. The summed E-state index contributed by atoms with van der Waals surface area (Å²) in [6.45, 7) is 16.4. The molecule has 0 saturated carbocycles. The molecule has 1 aliphatic rings. The Hall–Kier alpha value is -1.13. The highest BCUT2D eigenvalue weighted by atomic mass is 16.2. The molecule has 4 heteroatoms. The van der Waals surface area contributed by atoms with Gasteiger partial charge in [-0.1, -0.05) is 19.1 Å². The van der Waals surface area contributed by atoms with Gasteiger partial charge in [-0.15, -0.1) is 13.2 Å². The molecule has 0 N–H and O–H groups in total. The van der Waals surface area contributed by atoms with Crippen LogP contribution in [-0.2, 0) is 4.79 Å².